The molecule has 12 heteroatoms. The number of carbonyl (C=O) groups excluding carboxylic acids is 2. The molecule has 2 aromatic heterocycles. The van der Waals surface area contributed by atoms with Crippen molar-refractivity contribution in [2.24, 2.45) is 0 Å². The van der Waals surface area contributed by atoms with E-state index < -0.39 is 5.91 Å². The highest BCUT2D eigenvalue weighted by molar-refractivity contribution is 6.31. The molecule has 0 fully saturated rings. The van der Waals surface area contributed by atoms with E-state index in [1.165, 1.54) is 0 Å². The summed E-state index contributed by atoms with van der Waals surface area (Å²) in [5, 5.41) is 2.80. The third-order valence-electron chi connectivity index (χ3n) is 6.02. The lowest BCUT2D eigenvalue weighted by Gasteiger charge is -2.09. The molecule has 0 saturated heterocycles. The molecule has 37 heavy (non-hydrogen) atoms. The van der Waals surface area contributed by atoms with E-state index in [0.717, 1.165) is 29.2 Å². The molecule has 0 radical (unpaired) electrons. The zero-order chi connectivity index (χ0) is 27.1. The lowest BCUT2D eigenvalue weighted by atomic mass is 10.1. The quantitative estimate of drug-likeness (QED) is 0.225. The highest BCUT2D eigenvalue weighted by Crippen LogP contribution is 2.22. The SMILES string of the molecule is CCn1c(CNC(=O)c2nc(Cl)c(N)nc2N)[n+](CC)c2ccc(OCCCC(=O)CCN(C)C)cc21. The maximum absolute atomic E-state index is 12.8. The van der Waals surface area contributed by atoms with Crippen LogP contribution in [0.15, 0.2) is 18.2 Å². The standard InChI is InChI=1S/C25H35ClN8O3/c1-5-33-18-10-9-17(37-13-7-8-16(35)11-12-32(3)4)14-19(18)34(6-2)20(33)15-29-25(36)21-23(27)31-24(28)22(26)30-21/h9-10,14H,5-8,11-13,15H2,1-4H3,(H4-,27,28,29,31,36)/p+1. The van der Waals surface area contributed by atoms with Gasteiger partial charge in [0.2, 0.25) is 0 Å². The summed E-state index contributed by atoms with van der Waals surface area (Å²) in [4.78, 5) is 34.6. The zero-order valence-corrected chi connectivity index (χ0v) is 22.6. The number of rotatable bonds is 13. The molecule has 5 N–H and O–H groups in total. The smallest absolute Gasteiger partial charge is 0.277 e. The Bertz CT molecular complexity index is 1270. The van der Waals surface area contributed by atoms with Gasteiger partial charge in [-0.1, -0.05) is 11.6 Å². The molecule has 0 saturated carbocycles. The summed E-state index contributed by atoms with van der Waals surface area (Å²) in [6.07, 6.45) is 1.74. The highest BCUT2D eigenvalue weighted by atomic mass is 35.5. The van der Waals surface area contributed by atoms with E-state index in [-0.39, 0.29) is 34.8 Å². The first-order valence-corrected chi connectivity index (χ1v) is 12.7. The van der Waals surface area contributed by atoms with Crippen LogP contribution in [0, 0.1) is 0 Å². The lowest BCUT2D eigenvalue weighted by Crippen LogP contribution is -2.40. The van der Waals surface area contributed by atoms with Crippen molar-refractivity contribution in [2.45, 2.75) is 52.7 Å². The van der Waals surface area contributed by atoms with Crippen LogP contribution in [-0.2, 0) is 24.4 Å². The molecule has 3 rings (SSSR count). The first-order chi connectivity index (χ1) is 17.7. The number of hydrogen-bond acceptors (Lipinski definition) is 8. The summed E-state index contributed by atoms with van der Waals surface area (Å²) >= 11 is 5.92. The van der Waals surface area contributed by atoms with E-state index >= 15 is 0 Å². The van der Waals surface area contributed by atoms with Gasteiger partial charge in [-0.05, 0) is 46.5 Å². The van der Waals surface area contributed by atoms with Gasteiger partial charge >= 0.3 is 0 Å². The van der Waals surface area contributed by atoms with Gasteiger partial charge in [-0.3, -0.25) is 9.59 Å². The molecule has 11 nitrogen and oxygen atoms in total. The van der Waals surface area contributed by atoms with Crippen molar-refractivity contribution in [1.82, 2.24) is 24.8 Å². The molecule has 200 valence electrons. The minimum atomic E-state index is -0.494. The summed E-state index contributed by atoms with van der Waals surface area (Å²) in [7, 11) is 3.92. The van der Waals surface area contributed by atoms with Gasteiger partial charge in [0.25, 0.3) is 11.7 Å². The van der Waals surface area contributed by atoms with E-state index in [1.807, 2.05) is 51.0 Å². The summed E-state index contributed by atoms with van der Waals surface area (Å²) in [6.45, 7) is 6.96. The van der Waals surface area contributed by atoms with E-state index in [1.54, 1.807) is 0 Å². The number of halogens is 1. The Labute approximate surface area is 221 Å². The van der Waals surface area contributed by atoms with E-state index in [2.05, 4.69) is 24.4 Å². The number of aromatic nitrogens is 4. The van der Waals surface area contributed by atoms with Gasteiger partial charge in [-0.25, -0.2) is 19.1 Å². The van der Waals surface area contributed by atoms with Gasteiger partial charge in [-0.2, -0.15) is 0 Å². The van der Waals surface area contributed by atoms with Crippen molar-refractivity contribution in [3.05, 3.63) is 34.9 Å². The van der Waals surface area contributed by atoms with Gasteiger partial charge in [0.1, 0.15) is 18.1 Å². The number of fused-ring (bicyclic) bond motifs is 1. The second-order valence-electron chi connectivity index (χ2n) is 8.92. The molecule has 3 aromatic rings. The average molecular weight is 532 g/mol. The number of nitrogen functional groups attached to an aromatic ring is 2. The second kappa shape index (κ2) is 12.7. The summed E-state index contributed by atoms with van der Waals surface area (Å²) in [5.41, 5.74) is 13.4. The van der Waals surface area contributed by atoms with Crippen molar-refractivity contribution in [3.63, 3.8) is 0 Å². The molecular formula is C25H36ClN8O3+. The van der Waals surface area contributed by atoms with Crippen LogP contribution in [0.25, 0.3) is 11.0 Å². The van der Waals surface area contributed by atoms with Crippen LogP contribution in [-0.4, -0.2) is 58.4 Å². The minimum Gasteiger partial charge on any atom is -0.493 e. The first-order valence-electron chi connectivity index (χ1n) is 12.4. The van der Waals surface area contributed by atoms with Crippen LogP contribution >= 0.6 is 11.6 Å². The monoisotopic (exact) mass is 531 g/mol. The van der Waals surface area contributed by atoms with Gasteiger partial charge in [0, 0.05) is 25.5 Å². The molecule has 0 bridgehead atoms. The number of nitrogens with two attached hydrogens (primary N) is 2. The van der Waals surface area contributed by atoms with Gasteiger partial charge in [0.05, 0.1) is 19.7 Å². The van der Waals surface area contributed by atoms with Gasteiger partial charge < -0.3 is 26.4 Å². The Morgan fingerprint density at radius 2 is 1.92 bits per heavy atom. The fourth-order valence-electron chi connectivity index (χ4n) is 4.14. The number of nitrogens with zero attached hydrogens (tertiary/aromatic N) is 5. The predicted molar refractivity (Wildman–Crippen MR) is 143 cm³/mol. The number of aryl methyl sites for hydroxylation is 2. The van der Waals surface area contributed by atoms with Gasteiger partial charge in [-0.15, -0.1) is 0 Å². The molecule has 0 atom stereocenters. The van der Waals surface area contributed by atoms with Crippen LogP contribution in [0.3, 0.4) is 0 Å². The predicted octanol–water partition coefficient (Wildman–Crippen LogP) is 2.19. The van der Waals surface area contributed by atoms with Crippen LogP contribution in [0.2, 0.25) is 5.15 Å². The lowest BCUT2D eigenvalue weighted by molar-refractivity contribution is -0.676. The maximum Gasteiger partial charge on any atom is 0.277 e. The Hall–Kier alpha value is -3.44. The van der Waals surface area contributed by atoms with Gasteiger partial charge in [0.15, 0.2) is 33.5 Å². The molecule has 0 aliphatic heterocycles. The van der Waals surface area contributed by atoms with Crippen molar-refractivity contribution in [2.75, 3.05) is 38.7 Å². The Morgan fingerprint density at radius 3 is 2.59 bits per heavy atom. The summed E-state index contributed by atoms with van der Waals surface area (Å²) < 4.78 is 10.2. The Kier molecular flexibility index (Phi) is 9.65. The Balaban J connectivity index is 1.72. The number of ketones is 1. The highest BCUT2D eigenvalue weighted by Gasteiger charge is 2.25. The van der Waals surface area contributed by atoms with Crippen LogP contribution in [0.1, 0.15) is 49.4 Å². The number of imidazole rings is 1. The molecular weight excluding hydrogens is 496 g/mol. The summed E-state index contributed by atoms with van der Waals surface area (Å²) in [6, 6.07) is 5.93. The summed E-state index contributed by atoms with van der Waals surface area (Å²) in [5.74, 6) is 1.28. The van der Waals surface area contributed by atoms with Crippen molar-refractivity contribution in [3.8, 4) is 5.75 Å². The molecule has 0 aliphatic rings. The van der Waals surface area contributed by atoms with Crippen LogP contribution in [0.4, 0.5) is 11.6 Å². The molecule has 2 heterocycles. The fourth-order valence-corrected chi connectivity index (χ4v) is 4.27. The number of carbonyl (C=O) groups is 2. The number of anilines is 2. The van der Waals surface area contributed by atoms with Crippen molar-refractivity contribution < 1.29 is 18.9 Å². The number of benzene rings is 1. The van der Waals surface area contributed by atoms with Crippen LogP contribution < -0.4 is 26.1 Å². The number of nitrogens with one attached hydrogen (secondary N) is 1. The average Bonchev–Trinajstić information content (AvgIpc) is 3.17. The largest absolute Gasteiger partial charge is 0.493 e. The topological polar surface area (TPSA) is 145 Å². The van der Waals surface area contributed by atoms with Crippen LogP contribution in [0.5, 0.6) is 5.75 Å². The number of amides is 1. The van der Waals surface area contributed by atoms with E-state index in [4.69, 9.17) is 27.8 Å². The number of ether oxygens (including phenoxy) is 1. The third-order valence-corrected chi connectivity index (χ3v) is 6.30. The molecule has 1 aromatic carbocycles. The van der Waals surface area contributed by atoms with Crippen molar-refractivity contribution >= 4 is 46.0 Å². The second-order valence-corrected chi connectivity index (χ2v) is 9.27. The van der Waals surface area contributed by atoms with Crippen molar-refractivity contribution in [1.29, 1.82) is 0 Å². The maximum atomic E-state index is 12.8. The van der Waals surface area contributed by atoms with E-state index in [0.29, 0.717) is 39.0 Å². The normalized spacial score (nSPS) is 11.3. The Morgan fingerprint density at radius 1 is 1.16 bits per heavy atom. The molecule has 0 aliphatic carbocycles. The first kappa shape index (κ1) is 28.1. The molecule has 1 amide bonds. The molecule has 0 unspecified atom stereocenters. The fraction of sp³-hybridized carbons (Fsp3) is 0.480. The third kappa shape index (κ3) is 6.86. The minimum absolute atomic E-state index is 0.0281. The number of Topliss-reactive ketones (excluding diaryl/α,β-unsaturated/α-hetero) is 1. The molecule has 0 spiro atoms. The number of hydrogen-bond donors (Lipinski definition) is 3. The zero-order valence-electron chi connectivity index (χ0n) is 21.9. The van der Waals surface area contributed by atoms with E-state index in [9.17, 15) is 9.59 Å².